The Kier molecular flexibility index (Phi) is 3.80. The fourth-order valence-corrected chi connectivity index (χ4v) is 5.53. The van der Waals surface area contributed by atoms with E-state index in [2.05, 4.69) is 0 Å². The van der Waals surface area contributed by atoms with Crippen molar-refractivity contribution in [1.82, 2.24) is 0 Å². The average Bonchev–Trinajstić information content (AvgIpc) is 3.16. The molecule has 0 amide bonds. The van der Waals surface area contributed by atoms with Crippen molar-refractivity contribution in [3.8, 4) is 0 Å². The summed E-state index contributed by atoms with van der Waals surface area (Å²) in [4.78, 5) is 0.310. The quantitative estimate of drug-likeness (QED) is 0.915. The molecule has 1 fully saturated rings. The Morgan fingerprint density at radius 3 is 2.14 bits per heavy atom. The van der Waals surface area contributed by atoms with Crippen molar-refractivity contribution in [2.75, 3.05) is 13.7 Å². The molecule has 22 heavy (non-hydrogen) atoms. The summed E-state index contributed by atoms with van der Waals surface area (Å²) in [5, 5.41) is -0.662. The first-order chi connectivity index (χ1) is 10.5. The van der Waals surface area contributed by atoms with E-state index in [1.54, 1.807) is 37.4 Å². The highest BCUT2D eigenvalue weighted by atomic mass is 32.2. The molecule has 3 atom stereocenters. The Labute approximate surface area is 130 Å². The van der Waals surface area contributed by atoms with Gasteiger partial charge in [0.25, 0.3) is 0 Å². The zero-order valence-corrected chi connectivity index (χ0v) is 13.2. The van der Waals surface area contributed by atoms with Gasteiger partial charge in [0.15, 0.2) is 9.84 Å². The van der Waals surface area contributed by atoms with Crippen LogP contribution in [0.4, 0.5) is 0 Å². The van der Waals surface area contributed by atoms with E-state index >= 15 is 0 Å². The summed E-state index contributed by atoms with van der Waals surface area (Å²) in [5.74, 6) is -0.251. The highest BCUT2D eigenvalue weighted by Crippen LogP contribution is 2.55. The van der Waals surface area contributed by atoms with Crippen LogP contribution in [0.2, 0.25) is 0 Å². The van der Waals surface area contributed by atoms with Crippen molar-refractivity contribution in [1.29, 1.82) is 0 Å². The lowest BCUT2D eigenvalue weighted by molar-refractivity contribution is 0.171. The van der Waals surface area contributed by atoms with E-state index in [-0.39, 0.29) is 12.5 Å². The monoisotopic (exact) mass is 317 g/mol. The Morgan fingerprint density at radius 2 is 1.59 bits per heavy atom. The highest BCUT2D eigenvalue weighted by Gasteiger charge is 2.69. The topological polar surface area (TPSA) is 69.4 Å². The molecule has 1 saturated carbocycles. The number of rotatable bonds is 5. The van der Waals surface area contributed by atoms with Gasteiger partial charge in [-0.3, -0.25) is 0 Å². The maximum Gasteiger partial charge on any atom is 0.183 e. The number of benzene rings is 2. The lowest BCUT2D eigenvalue weighted by Crippen LogP contribution is -2.35. The normalized spacial score (nSPS) is 27.5. The van der Waals surface area contributed by atoms with Crippen LogP contribution in [0.3, 0.4) is 0 Å². The standard InChI is InChI=1S/C17H19NO3S/c1-21-12-17(18)15(13-8-4-2-5-9-13)16(17)22(19,20)14-10-6-3-7-11-14/h2-11,15-16H,12,18H2,1H3. The summed E-state index contributed by atoms with van der Waals surface area (Å²) in [6.45, 7) is 0.212. The van der Waals surface area contributed by atoms with E-state index < -0.39 is 20.6 Å². The van der Waals surface area contributed by atoms with Crippen LogP contribution in [0.25, 0.3) is 0 Å². The van der Waals surface area contributed by atoms with Gasteiger partial charge in [-0.25, -0.2) is 8.42 Å². The third kappa shape index (κ3) is 2.35. The second-order valence-electron chi connectivity index (χ2n) is 5.71. The minimum atomic E-state index is -3.50. The molecule has 1 aliphatic rings. The molecule has 116 valence electrons. The zero-order chi connectivity index (χ0) is 15.8. The number of ether oxygens (including phenoxy) is 1. The van der Waals surface area contributed by atoms with Crippen molar-refractivity contribution < 1.29 is 13.2 Å². The second-order valence-corrected chi connectivity index (χ2v) is 7.78. The van der Waals surface area contributed by atoms with Crippen LogP contribution in [0.1, 0.15) is 11.5 Å². The SMILES string of the molecule is COCC1(N)C(c2ccccc2)C1S(=O)(=O)c1ccccc1. The van der Waals surface area contributed by atoms with Crippen molar-refractivity contribution in [2.45, 2.75) is 21.6 Å². The Morgan fingerprint density at radius 1 is 1.05 bits per heavy atom. The lowest BCUT2D eigenvalue weighted by atomic mass is 10.1. The van der Waals surface area contributed by atoms with Crippen LogP contribution in [0, 0.1) is 0 Å². The molecule has 0 aromatic heterocycles. The number of hydrogen-bond donors (Lipinski definition) is 1. The van der Waals surface area contributed by atoms with E-state index in [4.69, 9.17) is 10.5 Å². The van der Waals surface area contributed by atoms with Crippen molar-refractivity contribution >= 4 is 9.84 Å². The Hall–Kier alpha value is -1.69. The van der Waals surface area contributed by atoms with E-state index in [1.165, 1.54) is 0 Å². The van der Waals surface area contributed by atoms with Gasteiger partial charge in [0.05, 0.1) is 22.3 Å². The Balaban J connectivity index is 2.02. The second kappa shape index (κ2) is 5.50. The molecular weight excluding hydrogens is 298 g/mol. The zero-order valence-electron chi connectivity index (χ0n) is 12.3. The first-order valence-electron chi connectivity index (χ1n) is 7.13. The summed E-state index contributed by atoms with van der Waals surface area (Å²) in [6, 6.07) is 18.0. The molecule has 0 heterocycles. The van der Waals surface area contributed by atoms with Gasteiger partial charge in [0, 0.05) is 13.0 Å². The van der Waals surface area contributed by atoms with Gasteiger partial charge in [-0.05, 0) is 17.7 Å². The van der Waals surface area contributed by atoms with Crippen LogP contribution in [-0.2, 0) is 14.6 Å². The van der Waals surface area contributed by atoms with Gasteiger partial charge in [-0.15, -0.1) is 0 Å². The van der Waals surface area contributed by atoms with Crippen LogP contribution in [-0.4, -0.2) is 32.9 Å². The fraction of sp³-hybridized carbons (Fsp3) is 0.294. The van der Waals surface area contributed by atoms with Gasteiger partial charge in [-0.2, -0.15) is 0 Å². The molecule has 0 bridgehead atoms. The molecule has 1 aliphatic carbocycles. The third-order valence-corrected chi connectivity index (χ3v) is 6.57. The maximum atomic E-state index is 12.9. The lowest BCUT2D eigenvalue weighted by Gasteiger charge is -2.11. The predicted molar refractivity (Wildman–Crippen MR) is 85.4 cm³/mol. The van der Waals surface area contributed by atoms with E-state index in [1.807, 2.05) is 30.3 Å². The molecule has 5 heteroatoms. The van der Waals surface area contributed by atoms with Crippen LogP contribution < -0.4 is 5.73 Å². The van der Waals surface area contributed by atoms with Gasteiger partial charge in [-0.1, -0.05) is 48.5 Å². The predicted octanol–water partition coefficient (Wildman–Crippen LogP) is 1.97. The number of nitrogens with two attached hydrogens (primary N) is 1. The van der Waals surface area contributed by atoms with Gasteiger partial charge < -0.3 is 10.5 Å². The molecular formula is C17H19NO3S. The molecule has 3 unspecified atom stereocenters. The number of methoxy groups -OCH3 is 1. The van der Waals surface area contributed by atoms with Crippen LogP contribution >= 0.6 is 0 Å². The number of sulfone groups is 1. The summed E-state index contributed by atoms with van der Waals surface area (Å²) < 4.78 is 31.1. The van der Waals surface area contributed by atoms with Crippen LogP contribution in [0.15, 0.2) is 65.6 Å². The number of hydrogen-bond acceptors (Lipinski definition) is 4. The summed E-state index contributed by atoms with van der Waals surface area (Å²) in [5.41, 5.74) is 6.45. The van der Waals surface area contributed by atoms with E-state index in [9.17, 15) is 8.42 Å². The summed E-state index contributed by atoms with van der Waals surface area (Å²) in [7, 11) is -1.96. The maximum absolute atomic E-state index is 12.9. The molecule has 2 aromatic rings. The van der Waals surface area contributed by atoms with Gasteiger partial charge >= 0.3 is 0 Å². The third-order valence-electron chi connectivity index (χ3n) is 4.26. The van der Waals surface area contributed by atoms with E-state index in [0.29, 0.717) is 4.90 Å². The molecule has 2 aromatic carbocycles. The van der Waals surface area contributed by atoms with Crippen LogP contribution in [0.5, 0.6) is 0 Å². The molecule has 3 rings (SSSR count). The Bertz CT molecular complexity index is 746. The molecule has 0 radical (unpaired) electrons. The highest BCUT2D eigenvalue weighted by molar-refractivity contribution is 7.92. The minimum Gasteiger partial charge on any atom is -0.383 e. The van der Waals surface area contributed by atoms with Gasteiger partial charge in [0.2, 0.25) is 0 Å². The summed E-state index contributed by atoms with van der Waals surface area (Å²) >= 11 is 0. The van der Waals surface area contributed by atoms with Crippen molar-refractivity contribution in [2.24, 2.45) is 5.73 Å². The van der Waals surface area contributed by atoms with E-state index in [0.717, 1.165) is 5.56 Å². The summed E-state index contributed by atoms with van der Waals surface area (Å²) in [6.07, 6.45) is 0. The smallest absolute Gasteiger partial charge is 0.183 e. The van der Waals surface area contributed by atoms with Crippen molar-refractivity contribution in [3.63, 3.8) is 0 Å². The first-order valence-corrected chi connectivity index (χ1v) is 8.68. The largest absolute Gasteiger partial charge is 0.383 e. The molecule has 2 N–H and O–H groups in total. The molecule has 0 spiro atoms. The van der Waals surface area contributed by atoms with Gasteiger partial charge in [0.1, 0.15) is 0 Å². The minimum absolute atomic E-state index is 0.212. The molecule has 0 saturated heterocycles. The van der Waals surface area contributed by atoms with Crippen molar-refractivity contribution in [3.05, 3.63) is 66.2 Å². The molecule has 0 aliphatic heterocycles. The molecule has 4 nitrogen and oxygen atoms in total. The first kappa shape index (κ1) is 15.2. The fourth-order valence-electron chi connectivity index (χ4n) is 3.22. The average molecular weight is 317 g/mol.